The molecule has 5 nitrogen and oxygen atoms in total. The summed E-state index contributed by atoms with van der Waals surface area (Å²) in [6.07, 6.45) is 1.29. The minimum atomic E-state index is -0.714. The Morgan fingerprint density at radius 3 is 2.68 bits per heavy atom. The summed E-state index contributed by atoms with van der Waals surface area (Å²) in [6.45, 7) is 0. The summed E-state index contributed by atoms with van der Waals surface area (Å²) in [5.74, 6) is -1.14. The minimum Gasteiger partial charge on any atom is -0.457 e. The summed E-state index contributed by atoms with van der Waals surface area (Å²) in [7, 11) is 0. The number of halogens is 2. The Kier molecular flexibility index (Phi) is 3.92. The summed E-state index contributed by atoms with van der Waals surface area (Å²) in [5.41, 5.74) is 5.86. The van der Waals surface area contributed by atoms with Crippen LogP contribution in [0.15, 0.2) is 39.6 Å². The monoisotopic (exact) mass is 342 g/mol. The highest BCUT2D eigenvalue weighted by molar-refractivity contribution is 9.10. The highest BCUT2D eigenvalue weighted by Gasteiger charge is 2.16. The van der Waals surface area contributed by atoms with Crippen LogP contribution >= 0.6 is 27.5 Å². The van der Waals surface area contributed by atoms with Crippen molar-refractivity contribution in [3.8, 4) is 0 Å². The molecule has 1 heterocycles. The van der Waals surface area contributed by atoms with Gasteiger partial charge in [0.05, 0.1) is 21.8 Å². The summed E-state index contributed by atoms with van der Waals surface area (Å²) in [4.78, 5) is 23.3. The smallest absolute Gasteiger partial charge is 0.258 e. The van der Waals surface area contributed by atoms with Gasteiger partial charge in [-0.1, -0.05) is 17.7 Å². The van der Waals surface area contributed by atoms with Crippen molar-refractivity contribution in [3.63, 3.8) is 0 Å². The lowest BCUT2D eigenvalue weighted by Crippen LogP contribution is -2.18. The van der Waals surface area contributed by atoms with E-state index in [2.05, 4.69) is 21.2 Å². The van der Waals surface area contributed by atoms with E-state index in [1.165, 1.54) is 18.4 Å². The molecule has 0 unspecified atom stereocenters. The molecule has 0 aliphatic rings. The first-order valence-corrected chi connectivity index (χ1v) is 6.30. The van der Waals surface area contributed by atoms with Crippen molar-refractivity contribution in [1.82, 2.24) is 0 Å². The zero-order chi connectivity index (χ0) is 14.0. The van der Waals surface area contributed by atoms with Gasteiger partial charge in [-0.3, -0.25) is 9.59 Å². The van der Waals surface area contributed by atoms with Crippen LogP contribution in [0.25, 0.3) is 0 Å². The third-order valence-electron chi connectivity index (χ3n) is 2.34. The van der Waals surface area contributed by atoms with Crippen LogP contribution in [0.3, 0.4) is 0 Å². The number of furan rings is 1. The van der Waals surface area contributed by atoms with Crippen LogP contribution in [-0.2, 0) is 0 Å². The normalized spacial score (nSPS) is 10.2. The Hall–Kier alpha value is -1.79. The Labute approximate surface area is 121 Å². The molecule has 1 aromatic heterocycles. The molecule has 19 heavy (non-hydrogen) atoms. The van der Waals surface area contributed by atoms with Crippen LogP contribution < -0.4 is 11.1 Å². The molecule has 2 amide bonds. The number of anilines is 1. The molecule has 0 spiro atoms. The van der Waals surface area contributed by atoms with Crippen LogP contribution in [0.5, 0.6) is 0 Å². The van der Waals surface area contributed by atoms with Crippen molar-refractivity contribution in [1.29, 1.82) is 0 Å². The molecule has 0 fully saturated rings. The first kappa shape index (κ1) is 13.6. The largest absolute Gasteiger partial charge is 0.457 e. The number of primary amides is 1. The average molecular weight is 344 g/mol. The molecule has 0 aliphatic heterocycles. The van der Waals surface area contributed by atoms with Crippen molar-refractivity contribution in [3.05, 3.63) is 51.3 Å². The van der Waals surface area contributed by atoms with Gasteiger partial charge in [-0.15, -0.1) is 0 Å². The number of hydrogen-bond acceptors (Lipinski definition) is 3. The van der Waals surface area contributed by atoms with E-state index in [0.717, 1.165) is 0 Å². The van der Waals surface area contributed by atoms with Gasteiger partial charge in [0, 0.05) is 6.07 Å². The van der Waals surface area contributed by atoms with Gasteiger partial charge in [0.15, 0.2) is 4.67 Å². The number of hydrogen-bond donors (Lipinski definition) is 2. The molecule has 0 aliphatic carbocycles. The predicted octanol–water partition coefficient (Wildman–Crippen LogP) is 3.05. The molecule has 2 aromatic rings. The number of rotatable bonds is 3. The van der Waals surface area contributed by atoms with E-state index in [-0.39, 0.29) is 16.3 Å². The number of nitrogens with two attached hydrogens (primary N) is 1. The molecule has 1 aromatic carbocycles. The van der Waals surface area contributed by atoms with E-state index in [1.54, 1.807) is 12.1 Å². The highest BCUT2D eigenvalue weighted by atomic mass is 79.9. The van der Waals surface area contributed by atoms with E-state index < -0.39 is 11.8 Å². The lowest BCUT2D eigenvalue weighted by Gasteiger charge is -2.09. The fourth-order valence-corrected chi connectivity index (χ4v) is 2.11. The number of amides is 2. The van der Waals surface area contributed by atoms with Crippen LogP contribution in [-0.4, -0.2) is 11.8 Å². The van der Waals surface area contributed by atoms with Gasteiger partial charge in [0.1, 0.15) is 6.26 Å². The van der Waals surface area contributed by atoms with Crippen molar-refractivity contribution in [2.75, 3.05) is 5.32 Å². The topological polar surface area (TPSA) is 85.3 Å². The molecule has 0 radical (unpaired) electrons. The zero-order valence-electron chi connectivity index (χ0n) is 9.44. The van der Waals surface area contributed by atoms with Crippen molar-refractivity contribution < 1.29 is 14.0 Å². The third-order valence-corrected chi connectivity index (χ3v) is 3.07. The molecule has 0 saturated carbocycles. The van der Waals surface area contributed by atoms with Gasteiger partial charge in [0.25, 0.3) is 11.8 Å². The van der Waals surface area contributed by atoms with E-state index >= 15 is 0 Å². The second kappa shape index (κ2) is 5.46. The number of carbonyl (C=O) groups excluding carboxylic acids is 2. The van der Waals surface area contributed by atoms with E-state index in [1.807, 2.05) is 0 Å². The number of carbonyl (C=O) groups is 2. The number of nitrogens with one attached hydrogen (secondary N) is 1. The summed E-state index contributed by atoms with van der Waals surface area (Å²) in [5, 5.41) is 2.74. The molecule has 7 heteroatoms. The first-order chi connectivity index (χ1) is 8.99. The molecule has 0 bridgehead atoms. The summed E-state index contributed by atoms with van der Waals surface area (Å²) in [6, 6.07) is 6.17. The average Bonchev–Trinajstić information content (AvgIpc) is 2.75. The molecule has 98 valence electrons. The standard InChI is InChI=1S/C12H8BrClN2O3/c13-9-4-6(5-19-9)12(18)16-8-3-1-2-7(14)10(8)11(15)17/h1-5H,(H2,15,17)(H,16,18). The molecular formula is C12H8BrClN2O3. The van der Waals surface area contributed by atoms with E-state index in [9.17, 15) is 9.59 Å². The molecular weight excluding hydrogens is 336 g/mol. The quantitative estimate of drug-likeness (QED) is 0.898. The highest BCUT2D eigenvalue weighted by Crippen LogP contribution is 2.24. The fraction of sp³-hybridized carbons (Fsp3) is 0. The molecule has 0 atom stereocenters. The molecule has 0 saturated heterocycles. The maximum atomic E-state index is 11.9. The first-order valence-electron chi connectivity index (χ1n) is 5.12. The second-order valence-electron chi connectivity index (χ2n) is 3.62. The van der Waals surface area contributed by atoms with Gasteiger partial charge in [0.2, 0.25) is 0 Å². The molecule has 3 N–H and O–H groups in total. The van der Waals surface area contributed by atoms with Crippen molar-refractivity contribution in [2.45, 2.75) is 0 Å². The maximum absolute atomic E-state index is 11.9. The number of benzene rings is 1. The zero-order valence-corrected chi connectivity index (χ0v) is 11.8. The Balaban J connectivity index is 2.31. The second-order valence-corrected chi connectivity index (χ2v) is 4.81. The van der Waals surface area contributed by atoms with Crippen LogP contribution in [0.2, 0.25) is 5.02 Å². The van der Waals surface area contributed by atoms with Crippen LogP contribution in [0.1, 0.15) is 20.7 Å². The fourth-order valence-electron chi connectivity index (χ4n) is 1.50. The predicted molar refractivity (Wildman–Crippen MR) is 74.3 cm³/mol. The summed E-state index contributed by atoms with van der Waals surface area (Å²) < 4.78 is 5.39. The Morgan fingerprint density at radius 2 is 2.11 bits per heavy atom. The lowest BCUT2D eigenvalue weighted by molar-refractivity contribution is 0.100. The lowest BCUT2D eigenvalue weighted by atomic mass is 10.1. The third kappa shape index (κ3) is 2.97. The van der Waals surface area contributed by atoms with Gasteiger partial charge in [-0.2, -0.15) is 0 Å². The van der Waals surface area contributed by atoms with Gasteiger partial charge >= 0.3 is 0 Å². The Morgan fingerprint density at radius 1 is 1.37 bits per heavy atom. The van der Waals surface area contributed by atoms with Crippen molar-refractivity contribution >= 4 is 45.0 Å². The maximum Gasteiger partial charge on any atom is 0.258 e. The Bertz CT molecular complexity index is 654. The minimum absolute atomic E-state index is 0.0695. The van der Waals surface area contributed by atoms with Gasteiger partial charge in [-0.25, -0.2) is 0 Å². The van der Waals surface area contributed by atoms with Gasteiger partial charge in [-0.05, 0) is 28.1 Å². The van der Waals surface area contributed by atoms with E-state index in [4.69, 9.17) is 21.8 Å². The van der Waals surface area contributed by atoms with Crippen LogP contribution in [0, 0.1) is 0 Å². The van der Waals surface area contributed by atoms with E-state index in [0.29, 0.717) is 10.2 Å². The van der Waals surface area contributed by atoms with Crippen molar-refractivity contribution in [2.24, 2.45) is 5.73 Å². The van der Waals surface area contributed by atoms with Crippen LogP contribution in [0.4, 0.5) is 5.69 Å². The van der Waals surface area contributed by atoms with Gasteiger partial charge < -0.3 is 15.5 Å². The summed E-state index contributed by atoms with van der Waals surface area (Å²) >= 11 is 8.97. The SMILES string of the molecule is NC(=O)c1c(Cl)cccc1NC(=O)c1coc(Br)c1. The molecule has 2 rings (SSSR count).